The topological polar surface area (TPSA) is 57.0 Å². The van der Waals surface area contributed by atoms with Crippen molar-refractivity contribution in [2.75, 3.05) is 27.4 Å². The number of aromatic nitrogens is 1. The van der Waals surface area contributed by atoms with Crippen LogP contribution < -0.4 is 9.47 Å². The van der Waals surface area contributed by atoms with Crippen molar-refractivity contribution >= 4 is 0 Å². The fraction of sp³-hybridized carbons (Fsp3) is 0.375. The second-order valence-corrected chi connectivity index (χ2v) is 7.63. The van der Waals surface area contributed by atoms with Gasteiger partial charge in [-0.1, -0.05) is 29.4 Å². The van der Waals surface area contributed by atoms with E-state index in [0.717, 1.165) is 59.9 Å². The summed E-state index contributed by atoms with van der Waals surface area (Å²) in [7, 11) is 3.76. The Hall–Kier alpha value is -2.83. The number of hydrogen-bond donors (Lipinski definition) is 0. The van der Waals surface area contributed by atoms with Crippen molar-refractivity contribution in [1.29, 1.82) is 0 Å². The largest absolute Gasteiger partial charge is 0.496 e. The first-order valence-corrected chi connectivity index (χ1v) is 10.3. The van der Waals surface area contributed by atoms with Crippen molar-refractivity contribution in [2.24, 2.45) is 0 Å². The lowest BCUT2D eigenvalue weighted by Crippen LogP contribution is -2.20. The highest BCUT2D eigenvalue weighted by molar-refractivity contribution is 5.71. The van der Waals surface area contributed by atoms with E-state index in [1.807, 2.05) is 24.3 Å². The van der Waals surface area contributed by atoms with Gasteiger partial charge in [0.2, 0.25) is 0 Å². The third kappa shape index (κ3) is 5.01. The quantitative estimate of drug-likeness (QED) is 0.518. The molecular weight excluding hydrogens is 380 g/mol. The molecule has 3 aromatic rings. The van der Waals surface area contributed by atoms with E-state index in [4.69, 9.17) is 18.7 Å². The molecule has 0 bridgehead atoms. The van der Waals surface area contributed by atoms with E-state index in [-0.39, 0.29) is 6.10 Å². The lowest BCUT2D eigenvalue weighted by molar-refractivity contribution is 0.0673. The van der Waals surface area contributed by atoms with E-state index in [1.165, 1.54) is 0 Å². The Morgan fingerprint density at radius 2 is 2.00 bits per heavy atom. The lowest BCUT2D eigenvalue weighted by Gasteiger charge is -2.20. The van der Waals surface area contributed by atoms with Gasteiger partial charge in [-0.15, -0.1) is 0 Å². The Balaban J connectivity index is 1.58. The zero-order chi connectivity index (χ0) is 20.8. The second kappa shape index (κ2) is 9.78. The number of methoxy groups -OCH3 is 1. The summed E-state index contributed by atoms with van der Waals surface area (Å²) in [6, 6.07) is 16.3. The van der Waals surface area contributed by atoms with E-state index in [0.29, 0.717) is 13.2 Å². The summed E-state index contributed by atoms with van der Waals surface area (Å²) >= 11 is 0. The van der Waals surface area contributed by atoms with Crippen LogP contribution in [-0.2, 0) is 17.8 Å². The molecule has 0 aliphatic carbocycles. The molecule has 6 heteroatoms. The van der Waals surface area contributed by atoms with E-state index in [2.05, 4.69) is 41.4 Å². The minimum atomic E-state index is 0.180. The average Bonchev–Trinajstić information content (AvgIpc) is 3.47. The van der Waals surface area contributed by atoms with Crippen LogP contribution in [0.15, 0.2) is 59.3 Å². The number of benzene rings is 2. The molecule has 158 valence electrons. The SMILES string of the molecule is COc1ccccc1-c1ccc(OCC2CCCO2)c(CN(C)Cc2ccon2)c1. The van der Waals surface area contributed by atoms with Crippen LogP contribution in [-0.4, -0.2) is 43.5 Å². The van der Waals surface area contributed by atoms with Gasteiger partial charge in [-0.05, 0) is 43.7 Å². The zero-order valence-electron chi connectivity index (χ0n) is 17.5. The minimum Gasteiger partial charge on any atom is -0.496 e. The van der Waals surface area contributed by atoms with Crippen LogP contribution >= 0.6 is 0 Å². The maximum atomic E-state index is 6.19. The van der Waals surface area contributed by atoms with Crippen molar-refractivity contribution in [1.82, 2.24) is 10.1 Å². The highest BCUT2D eigenvalue weighted by Gasteiger charge is 2.18. The maximum absolute atomic E-state index is 6.19. The molecule has 0 amide bonds. The monoisotopic (exact) mass is 408 g/mol. The fourth-order valence-electron chi connectivity index (χ4n) is 3.80. The van der Waals surface area contributed by atoms with Crippen molar-refractivity contribution in [3.63, 3.8) is 0 Å². The van der Waals surface area contributed by atoms with Crippen molar-refractivity contribution in [2.45, 2.75) is 32.0 Å². The average molecular weight is 408 g/mol. The number of rotatable bonds is 9. The molecule has 1 aromatic heterocycles. The Morgan fingerprint density at radius 1 is 1.10 bits per heavy atom. The normalized spacial score (nSPS) is 16.2. The lowest BCUT2D eigenvalue weighted by atomic mass is 10.0. The van der Waals surface area contributed by atoms with Crippen molar-refractivity contribution < 1.29 is 18.7 Å². The molecule has 0 saturated carbocycles. The summed E-state index contributed by atoms with van der Waals surface area (Å²) in [6.07, 6.45) is 3.94. The molecule has 1 aliphatic heterocycles. The first-order chi connectivity index (χ1) is 14.7. The van der Waals surface area contributed by atoms with E-state index < -0.39 is 0 Å². The first kappa shape index (κ1) is 20.4. The fourth-order valence-corrected chi connectivity index (χ4v) is 3.80. The second-order valence-electron chi connectivity index (χ2n) is 7.63. The predicted molar refractivity (Wildman–Crippen MR) is 115 cm³/mol. The molecular formula is C24H28N2O4. The molecule has 1 saturated heterocycles. The van der Waals surface area contributed by atoms with Gasteiger partial charge in [0.1, 0.15) is 24.4 Å². The Morgan fingerprint density at radius 3 is 2.77 bits per heavy atom. The van der Waals surface area contributed by atoms with Gasteiger partial charge < -0.3 is 18.7 Å². The molecule has 1 atom stereocenters. The predicted octanol–water partition coefficient (Wildman–Crippen LogP) is 4.54. The standard InChI is InChI=1S/C24H28N2O4/c1-26(16-20-11-13-30-25-20)15-19-14-18(22-7-3-4-8-24(22)27-2)9-10-23(19)29-17-21-6-5-12-28-21/h3-4,7-11,13-14,21H,5-6,12,15-17H2,1-2H3. The Kier molecular flexibility index (Phi) is 6.67. The summed E-state index contributed by atoms with van der Waals surface area (Å²) < 4.78 is 22.4. The molecule has 0 spiro atoms. The van der Waals surface area contributed by atoms with Crippen LogP contribution in [0.2, 0.25) is 0 Å². The minimum absolute atomic E-state index is 0.180. The van der Waals surface area contributed by atoms with Crippen LogP contribution in [0.1, 0.15) is 24.1 Å². The van der Waals surface area contributed by atoms with Gasteiger partial charge in [0.15, 0.2) is 0 Å². The molecule has 0 N–H and O–H groups in total. The number of para-hydroxylation sites is 1. The Bertz CT molecular complexity index is 936. The highest BCUT2D eigenvalue weighted by Crippen LogP contribution is 2.33. The van der Waals surface area contributed by atoms with Gasteiger partial charge in [-0.2, -0.15) is 0 Å². The number of hydrogen-bond acceptors (Lipinski definition) is 6. The van der Waals surface area contributed by atoms with Gasteiger partial charge in [0, 0.05) is 36.9 Å². The smallest absolute Gasteiger partial charge is 0.126 e. The third-order valence-electron chi connectivity index (χ3n) is 5.29. The molecule has 30 heavy (non-hydrogen) atoms. The summed E-state index contributed by atoms with van der Waals surface area (Å²) in [5, 5.41) is 4.02. The molecule has 1 unspecified atom stereocenters. The number of ether oxygens (including phenoxy) is 3. The molecule has 0 radical (unpaired) electrons. The van der Waals surface area contributed by atoms with Crippen LogP contribution in [0.3, 0.4) is 0 Å². The van der Waals surface area contributed by atoms with E-state index in [1.54, 1.807) is 13.4 Å². The van der Waals surface area contributed by atoms with E-state index >= 15 is 0 Å². The van der Waals surface area contributed by atoms with Gasteiger partial charge in [0.05, 0.1) is 18.9 Å². The van der Waals surface area contributed by atoms with Crippen molar-refractivity contribution in [3.8, 4) is 22.6 Å². The summed E-state index contributed by atoms with van der Waals surface area (Å²) in [5.74, 6) is 1.74. The maximum Gasteiger partial charge on any atom is 0.126 e. The molecule has 6 nitrogen and oxygen atoms in total. The molecule has 2 aromatic carbocycles. The van der Waals surface area contributed by atoms with Gasteiger partial charge in [0.25, 0.3) is 0 Å². The first-order valence-electron chi connectivity index (χ1n) is 10.3. The van der Waals surface area contributed by atoms with Gasteiger partial charge >= 0.3 is 0 Å². The third-order valence-corrected chi connectivity index (χ3v) is 5.29. The Labute approximate surface area is 177 Å². The van der Waals surface area contributed by atoms with E-state index in [9.17, 15) is 0 Å². The number of nitrogens with zero attached hydrogens (tertiary/aromatic N) is 2. The van der Waals surface area contributed by atoms with Crippen LogP contribution in [0.4, 0.5) is 0 Å². The molecule has 2 heterocycles. The van der Waals surface area contributed by atoms with Crippen LogP contribution in [0.5, 0.6) is 11.5 Å². The van der Waals surface area contributed by atoms with Crippen LogP contribution in [0, 0.1) is 0 Å². The van der Waals surface area contributed by atoms with Gasteiger partial charge in [-0.25, -0.2) is 0 Å². The molecule has 1 fully saturated rings. The van der Waals surface area contributed by atoms with Gasteiger partial charge in [-0.3, -0.25) is 4.90 Å². The van der Waals surface area contributed by atoms with Crippen LogP contribution in [0.25, 0.3) is 11.1 Å². The zero-order valence-corrected chi connectivity index (χ0v) is 17.5. The molecule has 4 rings (SSSR count). The highest BCUT2D eigenvalue weighted by atomic mass is 16.5. The summed E-state index contributed by atoms with van der Waals surface area (Å²) in [6.45, 7) is 2.82. The van der Waals surface area contributed by atoms with Crippen molar-refractivity contribution in [3.05, 3.63) is 66.1 Å². The molecule has 1 aliphatic rings. The summed E-state index contributed by atoms with van der Waals surface area (Å²) in [4.78, 5) is 2.19. The summed E-state index contributed by atoms with van der Waals surface area (Å²) in [5.41, 5.74) is 4.18.